The van der Waals surface area contributed by atoms with Crippen molar-refractivity contribution < 1.29 is 32.8 Å². The number of aromatic nitrogens is 4. The highest BCUT2D eigenvalue weighted by Crippen LogP contribution is 2.38. The van der Waals surface area contributed by atoms with Crippen molar-refractivity contribution in [1.29, 1.82) is 0 Å². The van der Waals surface area contributed by atoms with E-state index in [1.54, 1.807) is 16.7 Å². The molecule has 2 fully saturated rings. The van der Waals surface area contributed by atoms with Crippen LogP contribution in [0.2, 0.25) is 0 Å². The van der Waals surface area contributed by atoms with Crippen molar-refractivity contribution in [1.82, 2.24) is 19.5 Å². The van der Waals surface area contributed by atoms with Crippen LogP contribution < -0.4 is 14.8 Å². The van der Waals surface area contributed by atoms with E-state index in [0.717, 1.165) is 5.56 Å². The summed E-state index contributed by atoms with van der Waals surface area (Å²) in [5, 5.41) is 14.2. The van der Waals surface area contributed by atoms with Crippen LogP contribution in [0.25, 0.3) is 11.2 Å². The zero-order valence-electron chi connectivity index (χ0n) is 19.3. The van der Waals surface area contributed by atoms with Gasteiger partial charge in [-0.05, 0) is 24.6 Å². The molecule has 10 nitrogen and oxygen atoms in total. The van der Waals surface area contributed by atoms with Gasteiger partial charge >= 0.3 is 6.61 Å². The first kappa shape index (κ1) is 23.6. The summed E-state index contributed by atoms with van der Waals surface area (Å²) in [4.78, 5) is 13.4. The van der Waals surface area contributed by atoms with Gasteiger partial charge in [-0.2, -0.15) is 13.8 Å². The lowest BCUT2D eigenvalue weighted by molar-refractivity contribution is -0.0498. The average molecular weight is 491 g/mol. The second-order valence-corrected chi connectivity index (χ2v) is 8.83. The van der Waals surface area contributed by atoms with E-state index in [-0.39, 0.29) is 30.3 Å². The number of aliphatic hydroxyl groups excluding tert-OH is 1. The molecule has 0 radical (unpaired) electrons. The number of fused-ring (bicyclic) bond motifs is 1. The van der Waals surface area contributed by atoms with E-state index in [1.165, 1.54) is 18.5 Å². The van der Waals surface area contributed by atoms with Gasteiger partial charge in [0.2, 0.25) is 11.8 Å². The van der Waals surface area contributed by atoms with Crippen molar-refractivity contribution in [3.63, 3.8) is 0 Å². The number of alkyl halides is 2. The average Bonchev–Trinajstić information content (AvgIpc) is 3.29. The highest BCUT2D eigenvalue weighted by Gasteiger charge is 2.41. The molecule has 4 heterocycles. The monoisotopic (exact) mass is 491 g/mol. The van der Waals surface area contributed by atoms with Crippen LogP contribution in [0.3, 0.4) is 0 Å². The van der Waals surface area contributed by atoms with Gasteiger partial charge in [0.25, 0.3) is 0 Å². The number of hydrogen-bond acceptors (Lipinski definition) is 9. The molecule has 188 valence electrons. The summed E-state index contributed by atoms with van der Waals surface area (Å²) in [6.07, 6.45) is -0.193. The van der Waals surface area contributed by atoms with E-state index in [4.69, 9.17) is 19.2 Å². The largest absolute Gasteiger partial charge is 0.471 e. The van der Waals surface area contributed by atoms with Gasteiger partial charge in [0.1, 0.15) is 24.8 Å². The SMILES string of the molecule is C[C@H]1[C@@H](O)[C@H](n2c(NCC3COC3)nc3c(OCc4ccc(OC(F)F)cc4)ncnc32)O[C@@H]1C. The number of rotatable bonds is 9. The minimum Gasteiger partial charge on any atom is -0.471 e. The van der Waals surface area contributed by atoms with Gasteiger partial charge in [-0.3, -0.25) is 4.57 Å². The fourth-order valence-corrected chi connectivity index (χ4v) is 4.09. The Morgan fingerprint density at radius 1 is 1.20 bits per heavy atom. The van der Waals surface area contributed by atoms with Crippen LogP contribution in [-0.2, 0) is 16.1 Å². The smallest absolute Gasteiger partial charge is 0.387 e. The molecular weight excluding hydrogens is 464 g/mol. The van der Waals surface area contributed by atoms with Crippen LogP contribution in [-0.4, -0.2) is 63.2 Å². The Morgan fingerprint density at radius 3 is 2.60 bits per heavy atom. The lowest BCUT2D eigenvalue weighted by Gasteiger charge is -2.27. The number of ether oxygens (including phenoxy) is 4. The Kier molecular flexibility index (Phi) is 6.67. The van der Waals surface area contributed by atoms with Crippen molar-refractivity contribution in [2.75, 3.05) is 25.1 Å². The molecule has 3 aromatic rings. The number of imidazole rings is 1. The molecule has 2 N–H and O–H groups in total. The second-order valence-electron chi connectivity index (χ2n) is 8.83. The van der Waals surface area contributed by atoms with E-state index in [2.05, 4.69) is 20.0 Å². The van der Waals surface area contributed by atoms with Crippen LogP contribution in [0, 0.1) is 11.8 Å². The maximum absolute atomic E-state index is 12.4. The summed E-state index contributed by atoms with van der Waals surface area (Å²) in [5.41, 5.74) is 1.62. The maximum Gasteiger partial charge on any atom is 0.387 e. The third-order valence-electron chi connectivity index (χ3n) is 6.40. The molecule has 0 amide bonds. The highest BCUT2D eigenvalue weighted by atomic mass is 19.3. The van der Waals surface area contributed by atoms with E-state index in [1.807, 2.05) is 13.8 Å². The number of hydrogen-bond donors (Lipinski definition) is 2. The summed E-state index contributed by atoms with van der Waals surface area (Å²) in [6.45, 7) is 3.12. The molecule has 2 saturated heterocycles. The van der Waals surface area contributed by atoms with Crippen LogP contribution in [0.1, 0.15) is 25.6 Å². The van der Waals surface area contributed by atoms with Crippen molar-refractivity contribution in [3.8, 4) is 11.6 Å². The van der Waals surface area contributed by atoms with E-state index < -0.39 is 18.9 Å². The van der Waals surface area contributed by atoms with Crippen molar-refractivity contribution in [3.05, 3.63) is 36.2 Å². The molecule has 5 rings (SSSR count). The minimum absolute atomic E-state index is 0.0677. The number of halogens is 2. The molecule has 0 bridgehead atoms. The predicted molar refractivity (Wildman–Crippen MR) is 120 cm³/mol. The Hall–Kier alpha value is -3.09. The molecule has 2 aliphatic heterocycles. The van der Waals surface area contributed by atoms with Crippen molar-refractivity contribution in [2.45, 2.75) is 45.5 Å². The molecule has 0 saturated carbocycles. The molecule has 2 aliphatic rings. The van der Waals surface area contributed by atoms with Crippen LogP contribution in [0.5, 0.6) is 11.6 Å². The van der Waals surface area contributed by atoms with Crippen LogP contribution >= 0.6 is 0 Å². The molecule has 1 aromatic carbocycles. The number of aliphatic hydroxyl groups is 1. The molecule has 4 atom stereocenters. The molecule has 35 heavy (non-hydrogen) atoms. The minimum atomic E-state index is -2.88. The Bertz CT molecular complexity index is 1160. The van der Waals surface area contributed by atoms with Gasteiger partial charge in [-0.25, -0.2) is 9.97 Å². The van der Waals surface area contributed by atoms with Crippen molar-refractivity contribution >= 4 is 17.1 Å². The Morgan fingerprint density at radius 2 is 1.97 bits per heavy atom. The van der Waals surface area contributed by atoms with Crippen LogP contribution in [0.15, 0.2) is 30.6 Å². The van der Waals surface area contributed by atoms with Crippen molar-refractivity contribution in [2.24, 2.45) is 11.8 Å². The predicted octanol–water partition coefficient (Wildman–Crippen LogP) is 2.98. The maximum atomic E-state index is 12.4. The van der Waals surface area contributed by atoms with Gasteiger partial charge in [-0.15, -0.1) is 0 Å². The third-order valence-corrected chi connectivity index (χ3v) is 6.40. The normalized spacial score (nSPS) is 24.6. The zero-order chi connectivity index (χ0) is 24.5. The molecule has 0 aliphatic carbocycles. The van der Waals surface area contributed by atoms with Gasteiger partial charge in [0.15, 0.2) is 17.4 Å². The fourth-order valence-electron chi connectivity index (χ4n) is 4.09. The number of anilines is 1. The number of nitrogens with zero attached hydrogens (tertiary/aromatic N) is 4. The lowest BCUT2D eigenvalue weighted by atomic mass is 10.0. The molecule has 0 unspecified atom stereocenters. The molecule has 12 heteroatoms. The molecule has 2 aromatic heterocycles. The first-order valence-corrected chi connectivity index (χ1v) is 11.5. The van der Waals surface area contributed by atoms with E-state index in [0.29, 0.717) is 42.8 Å². The topological polar surface area (TPSA) is 113 Å². The summed E-state index contributed by atoms with van der Waals surface area (Å²) in [5.74, 6) is 1.12. The second kappa shape index (κ2) is 9.88. The van der Waals surface area contributed by atoms with Gasteiger partial charge in [0, 0.05) is 18.4 Å². The summed E-state index contributed by atoms with van der Waals surface area (Å²) in [7, 11) is 0. The van der Waals surface area contributed by atoms with Crippen LogP contribution in [0.4, 0.5) is 14.7 Å². The lowest BCUT2D eigenvalue weighted by Crippen LogP contribution is -2.34. The van der Waals surface area contributed by atoms with Gasteiger partial charge in [-0.1, -0.05) is 19.1 Å². The summed E-state index contributed by atoms with van der Waals surface area (Å²) >= 11 is 0. The number of benzene rings is 1. The quantitative estimate of drug-likeness (QED) is 0.466. The Labute approximate surface area is 200 Å². The summed E-state index contributed by atoms with van der Waals surface area (Å²) < 4.78 is 48.1. The summed E-state index contributed by atoms with van der Waals surface area (Å²) in [6, 6.07) is 6.16. The van der Waals surface area contributed by atoms with E-state index >= 15 is 0 Å². The molecule has 0 spiro atoms. The molecular formula is C23H27F2N5O5. The first-order valence-electron chi connectivity index (χ1n) is 11.5. The zero-order valence-corrected chi connectivity index (χ0v) is 19.3. The third kappa shape index (κ3) is 4.86. The Balaban J connectivity index is 1.41. The number of nitrogens with one attached hydrogen (secondary N) is 1. The highest BCUT2D eigenvalue weighted by molar-refractivity contribution is 5.79. The van der Waals surface area contributed by atoms with Gasteiger partial charge < -0.3 is 29.4 Å². The first-order chi connectivity index (χ1) is 16.9. The van der Waals surface area contributed by atoms with E-state index in [9.17, 15) is 13.9 Å². The fraction of sp³-hybridized carbons (Fsp3) is 0.522. The standard InChI is InChI=1S/C23H27F2N5O5/c1-12-13(2)34-21(18(12)31)30-19-17(29-23(30)26-7-15-8-32-9-15)20(28-11-27-19)33-10-14-3-5-16(6-4-14)35-22(24)25/h3-6,11-13,15,18,21-22,31H,7-10H2,1-2H3,(H,26,29)/t12-,13-,18-,21-/m1/s1. The van der Waals surface area contributed by atoms with Gasteiger partial charge in [0.05, 0.1) is 19.3 Å².